The van der Waals surface area contributed by atoms with Gasteiger partial charge in [-0.05, 0) is 19.4 Å². The average Bonchev–Trinajstić information content (AvgIpc) is 2.27. The van der Waals surface area contributed by atoms with Crippen molar-refractivity contribution in [1.82, 2.24) is 10.3 Å². The quantitative estimate of drug-likeness (QED) is 0.686. The summed E-state index contributed by atoms with van der Waals surface area (Å²) in [7, 11) is 0. The number of H-pyrrole nitrogens is 1. The zero-order valence-electron chi connectivity index (χ0n) is 9.41. The van der Waals surface area contributed by atoms with Crippen molar-refractivity contribution >= 4 is 5.91 Å². The molecule has 3 N–H and O–H groups in total. The van der Waals surface area contributed by atoms with Crippen molar-refractivity contribution in [2.75, 3.05) is 6.54 Å². The van der Waals surface area contributed by atoms with Crippen LogP contribution in [0.4, 0.5) is 0 Å². The fraction of sp³-hybridized carbons (Fsp3) is 0.455. The van der Waals surface area contributed by atoms with Crippen molar-refractivity contribution in [1.29, 1.82) is 0 Å². The summed E-state index contributed by atoms with van der Waals surface area (Å²) in [6.07, 6.45) is 1.90. The van der Waals surface area contributed by atoms with Gasteiger partial charge in [-0.3, -0.25) is 9.59 Å². The molecule has 0 aliphatic heterocycles. The van der Waals surface area contributed by atoms with Crippen LogP contribution >= 0.6 is 0 Å². The van der Waals surface area contributed by atoms with Crippen LogP contribution in [-0.4, -0.2) is 28.1 Å². The van der Waals surface area contributed by atoms with Crippen LogP contribution < -0.4 is 10.9 Å². The van der Waals surface area contributed by atoms with Gasteiger partial charge in [0.15, 0.2) is 0 Å². The lowest BCUT2D eigenvalue weighted by Crippen LogP contribution is -2.40. The Balaban J connectivity index is 2.60. The Morgan fingerprint density at radius 3 is 2.75 bits per heavy atom. The van der Waals surface area contributed by atoms with E-state index in [0.29, 0.717) is 12.0 Å². The third-order valence-electron chi connectivity index (χ3n) is 2.44. The summed E-state index contributed by atoms with van der Waals surface area (Å²) in [6, 6.07) is 2.72. The second-order valence-electron chi connectivity index (χ2n) is 3.97. The average molecular weight is 224 g/mol. The fourth-order valence-electron chi connectivity index (χ4n) is 1.05. The van der Waals surface area contributed by atoms with E-state index in [0.717, 1.165) is 0 Å². The Morgan fingerprint density at radius 1 is 1.56 bits per heavy atom. The first-order chi connectivity index (χ1) is 7.44. The fourth-order valence-corrected chi connectivity index (χ4v) is 1.05. The number of amides is 1. The lowest BCUT2D eigenvalue weighted by Gasteiger charge is -2.21. The van der Waals surface area contributed by atoms with E-state index in [4.69, 9.17) is 0 Å². The minimum atomic E-state index is -0.905. The Morgan fingerprint density at radius 2 is 2.25 bits per heavy atom. The van der Waals surface area contributed by atoms with E-state index in [-0.39, 0.29) is 18.0 Å². The van der Waals surface area contributed by atoms with Gasteiger partial charge in [0, 0.05) is 18.8 Å². The monoisotopic (exact) mass is 224 g/mol. The molecule has 0 bridgehead atoms. The van der Waals surface area contributed by atoms with Crippen LogP contribution in [0.15, 0.2) is 23.1 Å². The first-order valence-corrected chi connectivity index (χ1v) is 5.14. The molecule has 0 radical (unpaired) electrons. The number of rotatable bonds is 4. The number of aliphatic hydroxyl groups is 1. The number of aromatic amines is 1. The van der Waals surface area contributed by atoms with Crippen LogP contribution in [0.5, 0.6) is 0 Å². The van der Waals surface area contributed by atoms with E-state index in [2.05, 4.69) is 10.3 Å². The standard InChI is InChI=1S/C11H16N2O3/c1-3-11(2,16)7-13-10(15)8-4-5-9(14)12-6-8/h4-6,16H,3,7H2,1-2H3,(H,12,14)(H,13,15). The Kier molecular flexibility index (Phi) is 3.84. The third kappa shape index (κ3) is 3.51. The van der Waals surface area contributed by atoms with Crippen molar-refractivity contribution < 1.29 is 9.90 Å². The van der Waals surface area contributed by atoms with E-state index in [1.165, 1.54) is 18.3 Å². The highest BCUT2D eigenvalue weighted by atomic mass is 16.3. The van der Waals surface area contributed by atoms with E-state index in [9.17, 15) is 14.7 Å². The molecule has 1 unspecified atom stereocenters. The molecule has 88 valence electrons. The molecule has 1 amide bonds. The van der Waals surface area contributed by atoms with Gasteiger partial charge in [-0.25, -0.2) is 0 Å². The highest BCUT2D eigenvalue weighted by molar-refractivity contribution is 5.93. The first kappa shape index (κ1) is 12.4. The van der Waals surface area contributed by atoms with Crippen LogP contribution in [0.3, 0.4) is 0 Å². The zero-order chi connectivity index (χ0) is 12.2. The molecule has 0 aliphatic carbocycles. The number of pyridine rings is 1. The van der Waals surface area contributed by atoms with Crippen LogP contribution in [0.1, 0.15) is 30.6 Å². The molecular weight excluding hydrogens is 208 g/mol. The highest BCUT2D eigenvalue weighted by Gasteiger charge is 2.18. The van der Waals surface area contributed by atoms with Crippen molar-refractivity contribution in [2.45, 2.75) is 25.9 Å². The summed E-state index contributed by atoms with van der Waals surface area (Å²) in [5.74, 6) is -0.315. The van der Waals surface area contributed by atoms with E-state index in [1.807, 2.05) is 6.92 Å². The maximum Gasteiger partial charge on any atom is 0.252 e. The molecule has 5 heteroatoms. The minimum absolute atomic E-state index is 0.182. The predicted molar refractivity (Wildman–Crippen MR) is 60.3 cm³/mol. The molecule has 1 aromatic heterocycles. The maximum atomic E-state index is 11.6. The summed E-state index contributed by atoms with van der Waals surface area (Å²) in [5, 5.41) is 12.3. The number of nitrogens with one attached hydrogen (secondary N) is 2. The second kappa shape index (κ2) is 4.94. The maximum absolute atomic E-state index is 11.6. The smallest absolute Gasteiger partial charge is 0.252 e. The number of aromatic nitrogens is 1. The lowest BCUT2D eigenvalue weighted by atomic mass is 10.0. The normalized spacial score (nSPS) is 14.2. The molecule has 1 rings (SSSR count). The summed E-state index contributed by atoms with van der Waals surface area (Å²) < 4.78 is 0. The molecule has 1 heterocycles. The molecular formula is C11H16N2O3. The van der Waals surface area contributed by atoms with E-state index < -0.39 is 5.60 Å². The van der Waals surface area contributed by atoms with Gasteiger partial charge in [-0.15, -0.1) is 0 Å². The minimum Gasteiger partial charge on any atom is -0.388 e. The Labute approximate surface area is 93.5 Å². The van der Waals surface area contributed by atoms with Gasteiger partial charge in [-0.2, -0.15) is 0 Å². The molecule has 0 aliphatic rings. The number of carbonyl (C=O) groups is 1. The molecule has 5 nitrogen and oxygen atoms in total. The van der Waals surface area contributed by atoms with Crippen LogP contribution in [-0.2, 0) is 0 Å². The predicted octanol–water partition coefficient (Wildman–Crippen LogP) is 0.266. The number of hydrogen-bond donors (Lipinski definition) is 3. The molecule has 0 saturated heterocycles. The Bertz CT molecular complexity index is 403. The third-order valence-corrected chi connectivity index (χ3v) is 2.44. The molecule has 1 aromatic rings. The topological polar surface area (TPSA) is 82.2 Å². The van der Waals surface area contributed by atoms with Crippen LogP contribution in [0, 0.1) is 0 Å². The molecule has 16 heavy (non-hydrogen) atoms. The van der Waals surface area contributed by atoms with Crippen LogP contribution in [0.25, 0.3) is 0 Å². The van der Waals surface area contributed by atoms with E-state index >= 15 is 0 Å². The molecule has 0 aromatic carbocycles. The number of carbonyl (C=O) groups excluding carboxylic acids is 1. The van der Waals surface area contributed by atoms with Gasteiger partial charge in [0.1, 0.15) is 0 Å². The van der Waals surface area contributed by atoms with Gasteiger partial charge >= 0.3 is 0 Å². The lowest BCUT2D eigenvalue weighted by molar-refractivity contribution is 0.0518. The van der Waals surface area contributed by atoms with Crippen LogP contribution in [0.2, 0.25) is 0 Å². The zero-order valence-corrected chi connectivity index (χ0v) is 9.41. The summed E-state index contributed by atoms with van der Waals surface area (Å²) >= 11 is 0. The molecule has 0 spiro atoms. The largest absolute Gasteiger partial charge is 0.388 e. The van der Waals surface area contributed by atoms with Crippen molar-refractivity contribution in [2.24, 2.45) is 0 Å². The SMILES string of the molecule is CCC(C)(O)CNC(=O)c1ccc(=O)[nH]c1. The number of hydrogen-bond acceptors (Lipinski definition) is 3. The van der Waals surface area contributed by atoms with Gasteiger partial charge in [0.05, 0.1) is 11.2 Å². The molecule has 0 saturated carbocycles. The molecule has 1 atom stereocenters. The van der Waals surface area contributed by atoms with Crippen molar-refractivity contribution in [3.63, 3.8) is 0 Å². The van der Waals surface area contributed by atoms with Gasteiger partial charge in [0.2, 0.25) is 5.56 Å². The second-order valence-corrected chi connectivity index (χ2v) is 3.97. The van der Waals surface area contributed by atoms with Gasteiger partial charge in [-0.1, -0.05) is 6.92 Å². The first-order valence-electron chi connectivity index (χ1n) is 5.14. The Hall–Kier alpha value is -1.62. The molecule has 0 fully saturated rings. The van der Waals surface area contributed by atoms with Crippen molar-refractivity contribution in [3.8, 4) is 0 Å². The summed E-state index contributed by atoms with van der Waals surface area (Å²) in [6.45, 7) is 3.67. The van der Waals surface area contributed by atoms with Gasteiger partial charge in [0.25, 0.3) is 5.91 Å². The highest BCUT2D eigenvalue weighted by Crippen LogP contribution is 2.06. The van der Waals surface area contributed by atoms with Crippen molar-refractivity contribution in [3.05, 3.63) is 34.2 Å². The summed E-state index contributed by atoms with van der Waals surface area (Å²) in [4.78, 5) is 24.8. The van der Waals surface area contributed by atoms with Gasteiger partial charge < -0.3 is 15.4 Å². The summed E-state index contributed by atoms with van der Waals surface area (Å²) in [5.41, 5.74) is -0.790. The van der Waals surface area contributed by atoms with E-state index in [1.54, 1.807) is 6.92 Å².